The predicted octanol–water partition coefficient (Wildman–Crippen LogP) is -1.49. The molecule has 1 atom stereocenters. The van der Waals surface area contributed by atoms with Crippen molar-refractivity contribution in [3.8, 4) is 0 Å². The number of hydrogen-bond donors (Lipinski definition) is 3. The van der Waals surface area contributed by atoms with E-state index in [1.807, 2.05) is 0 Å². The highest BCUT2D eigenvalue weighted by molar-refractivity contribution is 5.81. The predicted molar refractivity (Wildman–Crippen MR) is 31.8 cm³/mol. The zero-order valence-electron chi connectivity index (χ0n) is 5.63. The largest absolute Gasteiger partial charge is 0.481 e. The van der Waals surface area contributed by atoms with Gasteiger partial charge >= 0.3 is 17.7 Å². The Balaban J connectivity index is 4.75. The summed E-state index contributed by atoms with van der Waals surface area (Å²) in [7, 11) is 0. The molecular formula is C4H5NO7. The van der Waals surface area contributed by atoms with Gasteiger partial charge in [0, 0.05) is 0 Å². The summed E-state index contributed by atoms with van der Waals surface area (Å²) in [5.41, 5.74) is -3.44. The smallest absolute Gasteiger partial charge is 0.430 e. The summed E-state index contributed by atoms with van der Waals surface area (Å²) in [5, 5.41) is 34.7. The van der Waals surface area contributed by atoms with Gasteiger partial charge in [-0.1, -0.05) is 0 Å². The number of nitro groups is 1. The molecule has 8 heteroatoms. The third kappa shape index (κ3) is 1.89. The molecular weight excluding hydrogens is 174 g/mol. The Bertz CT molecular complexity index is 220. The summed E-state index contributed by atoms with van der Waals surface area (Å²) in [6.45, 7) is 0. The number of hydrogen-bond acceptors (Lipinski definition) is 5. The highest BCUT2D eigenvalue weighted by Crippen LogP contribution is 2.10. The topological polar surface area (TPSA) is 138 Å². The van der Waals surface area contributed by atoms with Crippen LogP contribution in [-0.2, 0) is 9.59 Å². The SMILES string of the molecule is O=C(O)CC(O)(C(=O)O)[N+](=O)[O-]. The number of nitrogens with zero attached hydrogens (tertiary/aromatic N) is 1. The van der Waals surface area contributed by atoms with Crippen LogP contribution < -0.4 is 0 Å². The van der Waals surface area contributed by atoms with Crippen molar-refractivity contribution in [2.45, 2.75) is 12.1 Å². The van der Waals surface area contributed by atoms with Crippen LogP contribution in [0.3, 0.4) is 0 Å². The van der Waals surface area contributed by atoms with E-state index < -0.39 is 29.0 Å². The number of aliphatic hydroxyl groups is 1. The number of aliphatic carboxylic acids is 2. The second kappa shape index (κ2) is 3.13. The number of carboxylic acid groups (broad SMARTS) is 2. The number of carbonyl (C=O) groups is 2. The third-order valence-electron chi connectivity index (χ3n) is 1.04. The van der Waals surface area contributed by atoms with E-state index >= 15 is 0 Å². The third-order valence-corrected chi connectivity index (χ3v) is 1.04. The van der Waals surface area contributed by atoms with Gasteiger partial charge in [0.1, 0.15) is 0 Å². The lowest BCUT2D eigenvalue weighted by molar-refractivity contribution is -0.605. The van der Waals surface area contributed by atoms with E-state index in [0.717, 1.165) is 0 Å². The first-order chi connectivity index (χ1) is 5.30. The molecule has 12 heavy (non-hydrogen) atoms. The Hall–Kier alpha value is -1.70. The standard InChI is InChI=1S/C4H5NO7/c6-2(7)1-4(10,3(8)9)5(11)12/h10H,1H2,(H,6,7)(H,8,9). The second-order valence-electron chi connectivity index (χ2n) is 1.95. The summed E-state index contributed by atoms with van der Waals surface area (Å²) in [6, 6.07) is 0. The Morgan fingerprint density at radius 2 is 1.83 bits per heavy atom. The Morgan fingerprint density at radius 1 is 1.42 bits per heavy atom. The first kappa shape index (κ1) is 10.3. The van der Waals surface area contributed by atoms with Crippen molar-refractivity contribution in [1.29, 1.82) is 0 Å². The molecule has 0 aromatic rings. The fourth-order valence-electron chi connectivity index (χ4n) is 0.429. The normalized spacial score (nSPS) is 14.8. The van der Waals surface area contributed by atoms with Crippen LogP contribution in [0.5, 0.6) is 0 Å². The van der Waals surface area contributed by atoms with Gasteiger partial charge in [-0.25, -0.2) is 4.79 Å². The van der Waals surface area contributed by atoms with Gasteiger partial charge in [-0.05, 0) is 0 Å². The average Bonchev–Trinajstić information content (AvgIpc) is 1.84. The molecule has 0 amide bonds. The minimum Gasteiger partial charge on any atom is -0.481 e. The zero-order chi connectivity index (χ0) is 9.94. The van der Waals surface area contributed by atoms with Gasteiger partial charge in [-0.2, -0.15) is 0 Å². The molecule has 8 nitrogen and oxygen atoms in total. The number of carboxylic acids is 2. The lowest BCUT2D eigenvalue weighted by Crippen LogP contribution is -2.48. The molecule has 0 radical (unpaired) electrons. The lowest BCUT2D eigenvalue weighted by atomic mass is 10.1. The van der Waals surface area contributed by atoms with Crippen LogP contribution in [0.25, 0.3) is 0 Å². The van der Waals surface area contributed by atoms with Gasteiger partial charge in [0.2, 0.25) is 0 Å². The molecule has 68 valence electrons. The summed E-state index contributed by atoms with van der Waals surface area (Å²) >= 11 is 0. The molecule has 0 aliphatic rings. The second-order valence-corrected chi connectivity index (χ2v) is 1.95. The maximum Gasteiger partial charge on any atom is 0.430 e. The summed E-state index contributed by atoms with van der Waals surface area (Å²) in [5.74, 6) is -3.97. The van der Waals surface area contributed by atoms with Crippen LogP contribution in [0, 0.1) is 10.1 Å². The van der Waals surface area contributed by atoms with Crippen LogP contribution in [0.1, 0.15) is 6.42 Å². The summed E-state index contributed by atoms with van der Waals surface area (Å²) in [6.07, 6.45) is -1.48. The first-order valence-corrected chi connectivity index (χ1v) is 2.62. The molecule has 0 aliphatic carbocycles. The number of rotatable bonds is 4. The van der Waals surface area contributed by atoms with E-state index in [-0.39, 0.29) is 0 Å². The van der Waals surface area contributed by atoms with Gasteiger partial charge in [-0.3, -0.25) is 14.9 Å². The van der Waals surface area contributed by atoms with Crippen LogP contribution in [0.4, 0.5) is 0 Å². The minimum absolute atomic E-state index is 1.48. The Labute approximate surface area is 65.2 Å². The van der Waals surface area contributed by atoms with E-state index in [0.29, 0.717) is 0 Å². The van der Waals surface area contributed by atoms with Gasteiger partial charge in [0.15, 0.2) is 6.42 Å². The Kier molecular flexibility index (Phi) is 2.69. The quantitative estimate of drug-likeness (QED) is 0.271. The molecule has 0 saturated heterocycles. The van der Waals surface area contributed by atoms with E-state index in [1.165, 1.54) is 0 Å². The van der Waals surface area contributed by atoms with E-state index in [4.69, 9.17) is 15.3 Å². The van der Waals surface area contributed by atoms with Crippen LogP contribution in [0.2, 0.25) is 0 Å². The van der Waals surface area contributed by atoms with E-state index in [1.54, 1.807) is 0 Å². The molecule has 0 bridgehead atoms. The first-order valence-electron chi connectivity index (χ1n) is 2.62. The maximum absolute atomic E-state index is 10.0. The van der Waals surface area contributed by atoms with Crippen molar-refractivity contribution in [2.75, 3.05) is 0 Å². The van der Waals surface area contributed by atoms with Gasteiger partial charge in [0.05, 0.1) is 4.92 Å². The summed E-state index contributed by atoms with van der Waals surface area (Å²) < 4.78 is 0. The molecule has 0 rings (SSSR count). The van der Waals surface area contributed by atoms with E-state index in [9.17, 15) is 19.7 Å². The van der Waals surface area contributed by atoms with E-state index in [2.05, 4.69) is 0 Å². The van der Waals surface area contributed by atoms with Crippen molar-refractivity contribution in [3.05, 3.63) is 10.1 Å². The zero-order valence-corrected chi connectivity index (χ0v) is 5.63. The highest BCUT2D eigenvalue weighted by Gasteiger charge is 2.51. The van der Waals surface area contributed by atoms with Crippen molar-refractivity contribution < 1.29 is 29.8 Å². The maximum atomic E-state index is 10.0. The molecule has 0 aliphatic heterocycles. The van der Waals surface area contributed by atoms with Crippen molar-refractivity contribution >= 4 is 11.9 Å². The van der Waals surface area contributed by atoms with Crippen LogP contribution in [0.15, 0.2) is 0 Å². The van der Waals surface area contributed by atoms with Crippen LogP contribution >= 0.6 is 0 Å². The molecule has 0 spiro atoms. The Morgan fingerprint density at radius 3 is 1.92 bits per heavy atom. The molecule has 0 saturated carbocycles. The highest BCUT2D eigenvalue weighted by atomic mass is 16.7. The molecule has 0 heterocycles. The fourth-order valence-corrected chi connectivity index (χ4v) is 0.429. The van der Waals surface area contributed by atoms with Gasteiger partial charge < -0.3 is 15.3 Å². The van der Waals surface area contributed by atoms with Gasteiger partial charge in [0.25, 0.3) is 0 Å². The van der Waals surface area contributed by atoms with Crippen molar-refractivity contribution in [1.82, 2.24) is 0 Å². The summed E-state index contributed by atoms with van der Waals surface area (Å²) in [4.78, 5) is 28.3. The molecule has 3 N–H and O–H groups in total. The molecule has 1 unspecified atom stereocenters. The van der Waals surface area contributed by atoms with Crippen molar-refractivity contribution in [3.63, 3.8) is 0 Å². The monoisotopic (exact) mass is 179 g/mol. The average molecular weight is 179 g/mol. The van der Waals surface area contributed by atoms with Crippen molar-refractivity contribution in [2.24, 2.45) is 0 Å². The minimum atomic E-state index is -3.44. The molecule has 0 fully saturated rings. The van der Waals surface area contributed by atoms with Gasteiger partial charge in [-0.15, -0.1) is 0 Å². The molecule has 0 aromatic heterocycles. The fraction of sp³-hybridized carbons (Fsp3) is 0.500. The lowest BCUT2D eigenvalue weighted by Gasteiger charge is -2.10. The van der Waals surface area contributed by atoms with Crippen LogP contribution in [-0.4, -0.2) is 37.9 Å². The molecule has 0 aromatic carbocycles.